The van der Waals surface area contributed by atoms with Crippen molar-refractivity contribution in [2.24, 2.45) is 11.8 Å². The third kappa shape index (κ3) is 3.51. The van der Waals surface area contributed by atoms with Crippen LogP contribution in [0.25, 0.3) is 11.4 Å². The predicted octanol–water partition coefficient (Wildman–Crippen LogP) is 2.94. The lowest BCUT2D eigenvalue weighted by atomic mass is 10.1. The number of nitrogen functional groups attached to an aromatic ring is 1. The maximum Gasteiger partial charge on any atom is 0.161 e. The molecule has 1 heterocycles. The molecule has 0 aliphatic rings. The standard InChI is InChI=1S/C15H20N4/c1-10(2)8-13-9-14(19-16)18-15(17-13)12-6-4-11(3)5-7-12/h4-7,9-10H,8,16H2,1-3H3,(H,17,18,19). The van der Waals surface area contributed by atoms with Gasteiger partial charge in [-0.3, -0.25) is 0 Å². The predicted molar refractivity (Wildman–Crippen MR) is 78.6 cm³/mol. The highest BCUT2D eigenvalue weighted by Gasteiger charge is 2.07. The van der Waals surface area contributed by atoms with Gasteiger partial charge in [-0.15, -0.1) is 0 Å². The van der Waals surface area contributed by atoms with E-state index in [2.05, 4.69) is 48.3 Å². The van der Waals surface area contributed by atoms with Crippen molar-refractivity contribution in [1.29, 1.82) is 0 Å². The molecule has 0 bridgehead atoms. The first-order chi connectivity index (χ1) is 9.08. The van der Waals surface area contributed by atoms with Crippen LogP contribution in [0.4, 0.5) is 5.82 Å². The van der Waals surface area contributed by atoms with Crippen molar-refractivity contribution in [3.05, 3.63) is 41.6 Å². The van der Waals surface area contributed by atoms with E-state index in [0.717, 1.165) is 17.7 Å². The minimum absolute atomic E-state index is 0.548. The highest BCUT2D eigenvalue weighted by molar-refractivity contribution is 5.57. The largest absolute Gasteiger partial charge is 0.308 e. The van der Waals surface area contributed by atoms with Gasteiger partial charge in [0.05, 0.1) is 0 Å². The second-order valence-corrected chi connectivity index (χ2v) is 5.18. The monoisotopic (exact) mass is 256 g/mol. The van der Waals surface area contributed by atoms with Crippen molar-refractivity contribution < 1.29 is 0 Å². The highest BCUT2D eigenvalue weighted by Crippen LogP contribution is 2.19. The minimum Gasteiger partial charge on any atom is -0.308 e. The number of aryl methyl sites for hydroxylation is 1. The van der Waals surface area contributed by atoms with Gasteiger partial charge in [-0.25, -0.2) is 15.8 Å². The van der Waals surface area contributed by atoms with Crippen LogP contribution in [-0.4, -0.2) is 9.97 Å². The fourth-order valence-electron chi connectivity index (χ4n) is 1.93. The Labute approximate surface area is 114 Å². The summed E-state index contributed by atoms with van der Waals surface area (Å²) in [6.45, 7) is 6.40. The van der Waals surface area contributed by atoms with Crippen LogP contribution in [0.2, 0.25) is 0 Å². The van der Waals surface area contributed by atoms with Crippen LogP contribution in [0, 0.1) is 12.8 Å². The molecule has 0 aliphatic heterocycles. The number of nitrogens with one attached hydrogen (secondary N) is 1. The Morgan fingerprint density at radius 2 is 1.84 bits per heavy atom. The van der Waals surface area contributed by atoms with Crippen molar-refractivity contribution in [3.8, 4) is 11.4 Å². The van der Waals surface area contributed by atoms with E-state index in [9.17, 15) is 0 Å². The Kier molecular flexibility index (Phi) is 4.12. The molecule has 4 nitrogen and oxygen atoms in total. The quantitative estimate of drug-likeness (QED) is 0.652. The molecule has 0 unspecified atom stereocenters. The summed E-state index contributed by atoms with van der Waals surface area (Å²) >= 11 is 0. The molecule has 2 aromatic rings. The minimum atomic E-state index is 0.548. The zero-order valence-electron chi connectivity index (χ0n) is 11.6. The summed E-state index contributed by atoms with van der Waals surface area (Å²) in [5.74, 6) is 7.40. The summed E-state index contributed by atoms with van der Waals surface area (Å²) in [7, 11) is 0. The highest BCUT2D eigenvalue weighted by atomic mass is 15.3. The normalized spacial score (nSPS) is 10.8. The van der Waals surface area contributed by atoms with Gasteiger partial charge in [0.15, 0.2) is 5.82 Å². The molecule has 0 atom stereocenters. The summed E-state index contributed by atoms with van der Waals surface area (Å²) in [4.78, 5) is 9.03. The second kappa shape index (κ2) is 5.80. The fraction of sp³-hybridized carbons (Fsp3) is 0.333. The van der Waals surface area contributed by atoms with Crippen LogP contribution >= 0.6 is 0 Å². The van der Waals surface area contributed by atoms with E-state index in [1.807, 2.05) is 18.2 Å². The smallest absolute Gasteiger partial charge is 0.161 e. The van der Waals surface area contributed by atoms with Crippen molar-refractivity contribution in [2.75, 3.05) is 5.43 Å². The van der Waals surface area contributed by atoms with Gasteiger partial charge < -0.3 is 5.43 Å². The molecule has 0 radical (unpaired) electrons. The van der Waals surface area contributed by atoms with Crippen LogP contribution in [0.15, 0.2) is 30.3 Å². The number of anilines is 1. The van der Waals surface area contributed by atoms with E-state index in [1.54, 1.807) is 0 Å². The summed E-state index contributed by atoms with van der Waals surface area (Å²) in [5, 5.41) is 0. The zero-order valence-corrected chi connectivity index (χ0v) is 11.6. The Bertz CT molecular complexity index is 547. The summed E-state index contributed by atoms with van der Waals surface area (Å²) < 4.78 is 0. The first-order valence-electron chi connectivity index (χ1n) is 6.50. The van der Waals surface area contributed by atoms with Gasteiger partial charge in [-0.05, 0) is 19.3 Å². The molecule has 1 aromatic carbocycles. The molecule has 0 spiro atoms. The number of hydrogen-bond donors (Lipinski definition) is 2. The van der Waals surface area contributed by atoms with Gasteiger partial charge in [0.1, 0.15) is 5.82 Å². The molecule has 4 heteroatoms. The van der Waals surface area contributed by atoms with Crippen molar-refractivity contribution >= 4 is 5.82 Å². The Morgan fingerprint density at radius 3 is 2.42 bits per heavy atom. The summed E-state index contributed by atoms with van der Waals surface area (Å²) in [6.07, 6.45) is 0.913. The van der Waals surface area contributed by atoms with Gasteiger partial charge in [-0.2, -0.15) is 0 Å². The van der Waals surface area contributed by atoms with Crippen LogP contribution < -0.4 is 11.3 Å². The Balaban J connectivity index is 2.41. The number of nitrogens with zero attached hydrogens (tertiary/aromatic N) is 2. The number of aromatic nitrogens is 2. The molecule has 0 amide bonds. The number of hydrogen-bond acceptors (Lipinski definition) is 4. The van der Waals surface area contributed by atoms with Crippen molar-refractivity contribution in [3.63, 3.8) is 0 Å². The lowest BCUT2D eigenvalue weighted by molar-refractivity contribution is 0.635. The van der Waals surface area contributed by atoms with Crippen LogP contribution in [0.1, 0.15) is 25.1 Å². The topological polar surface area (TPSA) is 63.8 Å². The molecular formula is C15H20N4. The first kappa shape index (κ1) is 13.5. The molecule has 0 aliphatic carbocycles. The average Bonchev–Trinajstić information content (AvgIpc) is 2.38. The molecule has 1 aromatic heterocycles. The third-order valence-corrected chi connectivity index (χ3v) is 2.85. The first-order valence-corrected chi connectivity index (χ1v) is 6.50. The van der Waals surface area contributed by atoms with E-state index in [-0.39, 0.29) is 0 Å². The van der Waals surface area contributed by atoms with Crippen LogP contribution in [0.5, 0.6) is 0 Å². The van der Waals surface area contributed by atoms with Crippen molar-refractivity contribution in [2.45, 2.75) is 27.2 Å². The second-order valence-electron chi connectivity index (χ2n) is 5.18. The van der Waals surface area contributed by atoms with Crippen LogP contribution in [0.3, 0.4) is 0 Å². The number of hydrazine groups is 1. The van der Waals surface area contributed by atoms with Gasteiger partial charge >= 0.3 is 0 Å². The lowest BCUT2D eigenvalue weighted by Gasteiger charge is -2.09. The molecule has 19 heavy (non-hydrogen) atoms. The Hall–Kier alpha value is -1.94. The van der Waals surface area contributed by atoms with Gasteiger partial charge in [-0.1, -0.05) is 43.7 Å². The van der Waals surface area contributed by atoms with E-state index in [1.165, 1.54) is 5.56 Å². The molecule has 0 fully saturated rings. The summed E-state index contributed by atoms with van der Waals surface area (Å²) in [6, 6.07) is 10.1. The maximum atomic E-state index is 5.48. The number of nitrogens with two attached hydrogens (primary N) is 1. The lowest BCUT2D eigenvalue weighted by Crippen LogP contribution is -2.11. The molecule has 2 rings (SSSR count). The van der Waals surface area contributed by atoms with Crippen molar-refractivity contribution in [1.82, 2.24) is 9.97 Å². The Morgan fingerprint density at radius 1 is 1.16 bits per heavy atom. The number of rotatable bonds is 4. The maximum absolute atomic E-state index is 5.48. The SMILES string of the molecule is Cc1ccc(-c2nc(CC(C)C)cc(NN)n2)cc1. The van der Waals surface area contributed by atoms with Gasteiger partial charge in [0.2, 0.25) is 0 Å². The number of benzene rings is 1. The van der Waals surface area contributed by atoms with E-state index in [0.29, 0.717) is 17.6 Å². The molecule has 0 saturated heterocycles. The summed E-state index contributed by atoms with van der Waals surface area (Å²) in [5.41, 5.74) is 5.85. The van der Waals surface area contributed by atoms with E-state index >= 15 is 0 Å². The van der Waals surface area contributed by atoms with Gasteiger partial charge in [0.25, 0.3) is 0 Å². The molecule has 100 valence electrons. The third-order valence-electron chi connectivity index (χ3n) is 2.85. The van der Waals surface area contributed by atoms with E-state index in [4.69, 9.17) is 5.84 Å². The molecule has 3 N–H and O–H groups in total. The van der Waals surface area contributed by atoms with Gasteiger partial charge in [0, 0.05) is 17.3 Å². The molecular weight excluding hydrogens is 236 g/mol. The van der Waals surface area contributed by atoms with E-state index < -0.39 is 0 Å². The average molecular weight is 256 g/mol. The van der Waals surface area contributed by atoms with Crippen LogP contribution in [-0.2, 0) is 6.42 Å². The zero-order chi connectivity index (χ0) is 13.8. The molecule has 0 saturated carbocycles. The fourth-order valence-corrected chi connectivity index (χ4v) is 1.93.